The highest BCUT2D eigenvalue weighted by Crippen LogP contribution is 2.06. The Bertz CT molecular complexity index is 282. The normalized spacial score (nSPS) is 12.4. The highest BCUT2D eigenvalue weighted by Gasteiger charge is 2.15. The Labute approximate surface area is 122 Å². The van der Waals surface area contributed by atoms with Crippen LogP contribution in [0.15, 0.2) is 0 Å². The number of aliphatic carboxylic acids is 1. The standard InChI is InChI=1S/C15H30N2O3/c1-4-5-6-7-8-10-17(11-9-16-14(3)18)12-13(2)15(19)20/h13H,4-12H2,1-3H3,(H,16,18)(H,19,20). The number of amides is 1. The van der Waals surface area contributed by atoms with Crippen molar-refractivity contribution < 1.29 is 14.7 Å². The molecule has 2 N–H and O–H groups in total. The molecule has 0 fully saturated rings. The van der Waals surface area contributed by atoms with Crippen molar-refractivity contribution >= 4 is 11.9 Å². The lowest BCUT2D eigenvalue weighted by atomic mass is 10.1. The Morgan fingerprint density at radius 1 is 1.15 bits per heavy atom. The van der Waals surface area contributed by atoms with Crippen LogP contribution in [0.5, 0.6) is 0 Å². The number of carbonyl (C=O) groups excluding carboxylic acids is 1. The first-order valence-corrected chi connectivity index (χ1v) is 7.67. The monoisotopic (exact) mass is 286 g/mol. The zero-order valence-electron chi connectivity index (χ0n) is 13.2. The zero-order valence-corrected chi connectivity index (χ0v) is 13.2. The Morgan fingerprint density at radius 2 is 1.80 bits per heavy atom. The van der Waals surface area contributed by atoms with Gasteiger partial charge in [-0.3, -0.25) is 9.59 Å². The van der Waals surface area contributed by atoms with E-state index < -0.39 is 5.97 Å². The number of unbranched alkanes of at least 4 members (excludes halogenated alkanes) is 4. The van der Waals surface area contributed by atoms with Crippen LogP contribution < -0.4 is 5.32 Å². The molecule has 1 amide bonds. The smallest absolute Gasteiger partial charge is 0.307 e. The van der Waals surface area contributed by atoms with Crippen LogP contribution in [-0.2, 0) is 9.59 Å². The molecule has 0 saturated heterocycles. The summed E-state index contributed by atoms with van der Waals surface area (Å²) in [4.78, 5) is 23.9. The minimum absolute atomic E-state index is 0.0424. The fourth-order valence-corrected chi connectivity index (χ4v) is 2.09. The number of nitrogens with zero attached hydrogens (tertiary/aromatic N) is 1. The molecule has 0 heterocycles. The summed E-state index contributed by atoms with van der Waals surface area (Å²) in [5.41, 5.74) is 0. The fraction of sp³-hybridized carbons (Fsp3) is 0.867. The molecule has 0 radical (unpaired) electrons. The molecule has 5 nitrogen and oxygen atoms in total. The van der Waals surface area contributed by atoms with Crippen molar-refractivity contribution in [2.24, 2.45) is 5.92 Å². The first-order valence-electron chi connectivity index (χ1n) is 7.67. The van der Waals surface area contributed by atoms with Crippen LogP contribution in [0.3, 0.4) is 0 Å². The molecule has 0 aliphatic heterocycles. The summed E-state index contributed by atoms with van der Waals surface area (Å²) >= 11 is 0. The van der Waals surface area contributed by atoms with Gasteiger partial charge in [-0.25, -0.2) is 0 Å². The third kappa shape index (κ3) is 10.8. The Hall–Kier alpha value is -1.10. The maximum absolute atomic E-state index is 10.9. The average molecular weight is 286 g/mol. The highest BCUT2D eigenvalue weighted by atomic mass is 16.4. The molecule has 5 heteroatoms. The number of carbonyl (C=O) groups is 2. The number of carboxylic acids is 1. The van der Waals surface area contributed by atoms with Crippen LogP contribution >= 0.6 is 0 Å². The molecule has 1 unspecified atom stereocenters. The molecule has 0 bridgehead atoms. The van der Waals surface area contributed by atoms with Gasteiger partial charge in [0, 0.05) is 26.6 Å². The molecule has 0 spiro atoms. The quantitative estimate of drug-likeness (QED) is 0.539. The van der Waals surface area contributed by atoms with Gasteiger partial charge in [-0.1, -0.05) is 39.5 Å². The van der Waals surface area contributed by atoms with E-state index in [4.69, 9.17) is 5.11 Å². The van der Waals surface area contributed by atoms with Gasteiger partial charge in [0.25, 0.3) is 0 Å². The van der Waals surface area contributed by atoms with E-state index in [2.05, 4.69) is 17.1 Å². The van der Waals surface area contributed by atoms with Gasteiger partial charge < -0.3 is 15.3 Å². The van der Waals surface area contributed by atoms with Crippen LogP contribution in [0.4, 0.5) is 0 Å². The molecule has 0 aromatic carbocycles. The second-order valence-corrected chi connectivity index (χ2v) is 5.44. The van der Waals surface area contributed by atoms with Gasteiger partial charge in [0.1, 0.15) is 0 Å². The summed E-state index contributed by atoms with van der Waals surface area (Å²) in [7, 11) is 0. The van der Waals surface area contributed by atoms with Crippen LogP contribution in [-0.4, -0.2) is 48.1 Å². The predicted octanol–water partition coefficient (Wildman–Crippen LogP) is 2.12. The topological polar surface area (TPSA) is 69.6 Å². The fourth-order valence-electron chi connectivity index (χ4n) is 2.09. The van der Waals surface area contributed by atoms with Gasteiger partial charge in [0.2, 0.25) is 5.91 Å². The first kappa shape index (κ1) is 18.9. The zero-order chi connectivity index (χ0) is 15.4. The minimum atomic E-state index is -0.763. The van der Waals surface area contributed by atoms with E-state index in [1.165, 1.54) is 32.6 Å². The summed E-state index contributed by atoms with van der Waals surface area (Å²) in [6.07, 6.45) is 6.00. The van der Waals surface area contributed by atoms with Gasteiger partial charge in [-0.2, -0.15) is 0 Å². The van der Waals surface area contributed by atoms with E-state index in [9.17, 15) is 9.59 Å². The number of hydrogen-bond acceptors (Lipinski definition) is 3. The predicted molar refractivity (Wildman–Crippen MR) is 80.7 cm³/mol. The number of rotatable bonds is 12. The van der Waals surface area contributed by atoms with Crippen LogP contribution in [0.2, 0.25) is 0 Å². The van der Waals surface area contributed by atoms with E-state index in [1.54, 1.807) is 6.92 Å². The molecule has 0 rings (SSSR count). The van der Waals surface area contributed by atoms with E-state index in [0.717, 1.165) is 13.0 Å². The van der Waals surface area contributed by atoms with Gasteiger partial charge in [0.05, 0.1) is 5.92 Å². The van der Waals surface area contributed by atoms with Gasteiger partial charge >= 0.3 is 5.97 Å². The Morgan fingerprint density at radius 3 is 2.35 bits per heavy atom. The minimum Gasteiger partial charge on any atom is -0.481 e. The lowest BCUT2D eigenvalue weighted by Crippen LogP contribution is -2.38. The van der Waals surface area contributed by atoms with E-state index in [0.29, 0.717) is 19.6 Å². The molecule has 0 aliphatic rings. The molecule has 0 aromatic heterocycles. The summed E-state index contributed by atoms with van der Waals surface area (Å²) < 4.78 is 0. The summed E-state index contributed by atoms with van der Waals surface area (Å²) in [6.45, 7) is 8.15. The van der Waals surface area contributed by atoms with Gasteiger partial charge in [0.15, 0.2) is 0 Å². The van der Waals surface area contributed by atoms with Crippen LogP contribution in [0.25, 0.3) is 0 Å². The molecular formula is C15H30N2O3. The maximum atomic E-state index is 10.9. The molecule has 20 heavy (non-hydrogen) atoms. The Kier molecular flexibility index (Phi) is 11.1. The summed E-state index contributed by atoms with van der Waals surface area (Å²) in [6, 6.07) is 0. The van der Waals surface area contributed by atoms with Crippen molar-refractivity contribution in [1.29, 1.82) is 0 Å². The molecular weight excluding hydrogens is 256 g/mol. The van der Waals surface area contributed by atoms with Crippen LogP contribution in [0, 0.1) is 5.92 Å². The molecule has 0 aliphatic carbocycles. The average Bonchev–Trinajstić information content (AvgIpc) is 2.37. The van der Waals surface area contributed by atoms with Crippen molar-refractivity contribution in [3.63, 3.8) is 0 Å². The van der Waals surface area contributed by atoms with Gasteiger partial charge in [-0.05, 0) is 13.0 Å². The Balaban J connectivity index is 4.03. The lowest BCUT2D eigenvalue weighted by molar-refractivity contribution is -0.141. The number of hydrogen-bond donors (Lipinski definition) is 2. The van der Waals surface area contributed by atoms with E-state index in [1.807, 2.05) is 0 Å². The van der Waals surface area contributed by atoms with Crippen molar-refractivity contribution in [2.75, 3.05) is 26.2 Å². The van der Waals surface area contributed by atoms with Crippen molar-refractivity contribution in [1.82, 2.24) is 10.2 Å². The van der Waals surface area contributed by atoms with E-state index in [-0.39, 0.29) is 11.8 Å². The number of nitrogens with one attached hydrogen (secondary N) is 1. The van der Waals surface area contributed by atoms with Gasteiger partial charge in [-0.15, -0.1) is 0 Å². The van der Waals surface area contributed by atoms with Crippen molar-refractivity contribution in [3.05, 3.63) is 0 Å². The largest absolute Gasteiger partial charge is 0.481 e. The van der Waals surface area contributed by atoms with E-state index >= 15 is 0 Å². The number of carboxylic acid groups (broad SMARTS) is 1. The van der Waals surface area contributed by atoms with Crippen molar-refractivity contribution in [3.8, 4) is 0 Å². The second kappa shape index (κ2) is 11.7. The molecule has 1 atom stereocenters. The highest BCUT2D eigenvalue weighted by molar-refractivity contribution is 5.72. The lowest BCUT2D eigenvalue weighted by Gasteiger charge is -2.24. The van der Waals surface area contributed by atoms with Crippen molar-refractivity contribution in [2.45, 2.75) is 52.9 Å². The summed E-state index contributed by atoms with van der Waals surface area (Å²) in [5, 5.41) is 11.8. The SMILES string of the molecule is CCCCCCCN(CCNC(C)=O)CC(C)C(=O)O. The van der Waals surface area contributed by atoms with Crippen LogP contribution in [0.1, 0.15) is 52.9 Å². The second-order valence-electron chi connectivity index (χ2n) is 5.44. The molecule has 0 saturated carbocycles. The first-order chi connectivity index (χ1) is 9.47. The maximum Gasteiger partial charge on any atom is 0.307 e. The molecule has 118 valence electrons. The third-order valence-electron chi connectivity index (χ3n) is 3.33. The summed E-state index contributed by atoms with van der Waals surface area (Å²) in [5.74, 6) is -1.18. The molecule has 0 aromatic rings. The third-order valence-corrected chi connectivity index (χ3v) is 3.33.